The zero-order chi connectivity index (χ0) is 18.2. The molecule has 26 heavy (non-hydrogen) atoms. The first-order valence-electron chi connectivity index (χ1n) is 8.78. The minimum atomic E-state index is -0.399. The summed E-state index contributed by atoms with van der Waals surface area (Å²) in [5.74, 6) is 0.958. The monoisotopic (exact) mass is 360 g/mol. The molecule has 0 radical (unpaired) electrons. The van der Waals surface area contributed by atoms with Gasteiger partial charge >= 0.3 is 0 Å². The normalized spacial score (nSPS) is 16.2. The fourth-order valence-corrected chi connectivity index (χ4v) is 2.92. The van der Waals surface area contributed by atoms with E-state index in [1.54, 1.807) is 7.11 Å². The van der Waals surface area contributed by atoms with Gasteiger partial charge in [0.15, 0.2) is 5.69 Å². The van der Waals surface area contributed by atoms with Crippen LogP contribution in [-0.2, 0) is 16.1 Å². The number of carbonyl (C=O) groups is 1. The van der Waals surface area contributed by atoms with Gasteiger partial charge in [-0.25, -0.2) is 0 Å². The van der Waals surface area contributed by atoms with Gasteiger partial charge < -0.3 is 24.1 Å². The number of carbonyl (C=O) groups excluding carboxylic acids is 1. The van der Waals surface area contributed by atoms with E-state index in [1.165, 1.54) is 12.3 Å². The Hall–Kier alpha value is -2.38. The predicted octanol–water partition coefficient (Wildman–Crippen LogP) is 2.77. The lowest BCUT2D eigenvalue weighted by molar-refractivity contribution is -0.0132. The standard InChI is InChI=1S/C19H24N2O5/c1-23-16-4-2-15(3-5-16)13-25-18(12-14-6-9-24-10-7-14)20-19(22)17-8-11-26-21-17/h2-5,8,11,14,18H,6-7,9-10,12-13H2,1H3,(H,20,22). The van der Waals surface area contributed by atoms with Crippen molar-refractivity contribution in [2.45, 2.75) is 32.1 Å². The lowest BCUT2D eigenvalue weighted by atomic mass is 9.95. The second kappa shape index (κ2) is 9.35. The molecule has 0 saturated carbocycles. The highest BCUT2D eigenvalue weighted by Gasteiger charge is 2.22. The third kappa shape index (κ3) is 5.31. The molecule has 0 spiro atoms. The van der Waals surface area contributed by atoms with E-state index < -0.39 is 6.23 Å². The Bertz CT molecular complexity index is 666. The van der Waals surface area contributed by atoms with Gasteiger partial charge in [-0.15, -0.1) is 0 Å². The van der Waals surface area contributed by atoms with Crippen LogP contribution in [0.2, 0.25) is 0 Å². The molecule has 140 valence electrons. The molecule has 7 heteroatoms. The molecule has 1 saturated heterocycles. The van der Waals surface area contributed by atoms with Gasteiger partial charge in [-0.1, -0.05) is 17.3 Å². The van der Waals surface area contributed by atoms with E-state index in [2.05, 4.69) is 10.5 Å². The average Bonchev–Trinajstić information content (AvgIpc) is 3.22. The Morgan fingerprint density at radius 3 is 2.69 bits per heavy atom. The van der Waals surface area contributed by atoms with Crippen molar-refractivity contribution < 1.29 is 23.5 Å². The summed E-state index contributed by atoms with van der Waals surface area (Å²) in [4.78, 5) is 12.3. The van der Waals surface area contributed by atoms with Gasteiger partial charge in [0.1, 0.15) is 18.2 Å². The van der Waals surface area contributed by atoms with Gasteiger partial charge in [-0.3, -0.25) is 4.79 Å². The molecule has 1 aliphatic heterocycles. The van der Waals surface area contributed by atoms with Gasteiger partial charge in [-0.2, -0.15) is 0 Å². The van der Waals surface area contributed by atoms with E-state index in [4.69, 9.17) is 18.7 Å². The zero-order valence-electron chi connectivity index (χ0n) is 14.8. The average molecular weight is 360 g/mol. The Morgan fingerprint density at radius 1 is 1.27 bits per heavy atom. The summed E-state index contributed by atoms with van der Waals surface area (Å²) in [6, 6.07) is 9.21. The van der Waals surface area contributed by atoms with Gasteiger partial charge in [0, 0.05) is 19.3 Å². The first kappa shape index (κ1) is 18.4. The van der Waals surface area contributed by atoms with Crippen LogP contribution in [0.5, 0.6) is 5.75 Å². The number of rotatable bonds is 8. The number of methoxy groups -OCH3 is 1. The molecule has 1 aliphatic rings. The third-order valence-electron chi connectivity index (χ3n) is 4.46. The van der Waals surface area contributed by atoms with E-state index in [0.717, 1.165) is 43.8 Å². The third-order valence-corrected chi connectivity index (χ3v) is 4.46. The number of nitrogens with one attached hydrogen (secondary N) is 1. The number of aromatic nitrogens is 1. The SMILES string of the molecule is COc1ccc(COC(CC2CCOCC2)NC(=O)c2ccon2)cc1. The Morgan fingerprint density at radius 2 is 2.04 bits per heavy atom. The van der Waals surface area contributed by atoms with Crippen molar-refractivity contribution >= 4 is 5.91 Å². The lowest BCUT2D eigenvalue weighted by Gasteiger charge is -2.27. The van der Waals surface area contributed by atoms with Crippen molar-refractivity contribution in [2.24, 2.45) is 5.92 Å². The Labute approximate surface area is 152 Å². The number of hydrogen-bond donors (Lipinski definition) is 1. The van der Waals surface area contributed by atoms with Gasteiger partial charge in [0.25, 0.3) is 5.91 Å². The maximum absolute atomic E-state index is 12.3. The van der Waals surface area contributed by atoms with Crippen LogP contribution in [-0.4, -0.2) is 37.6 Å². The van der Waals surface area contributed by atoms with E-state index in [1.807, 2.05) is 24.3 Å². The molecule has 3 rings (SSSR count). The number of hydrogen-bond acceptors (Lipinski definition) is 6. The van der Waals surface area contributed by atoms with Gasteiger partial charge in [0.2, 0.25) is 0 Å². The summed E-state index contributed by atoms with van der Waals surface area (Å²) in [5.41, 5.74) is 1.26. The van der Waals surface area contributed by atoms with Crippen molar-refractivity contribution in [3.8, 4) is 5.75 Å². The second-order valence-corrected chi connectivity index (χ2v) is 6.30. The molecular weight excluding hydrogens is 336 g/mol. The summed E-state index contributed by atoms with van der Waals surface area (Å²) in [7, 11) is 1.63. The number of nitrogens with zero attached hydrogens (tertiary/aromatic N) is 1. The van der Waals surface area contributed by atoms with Crippen molar-refractivity contribution in [3.05, 3.63) is 47.9 Å². The number of amides is 1. The molecule has 7 nitrogen and oxygen atoms in total. The Kier molecular flexibility index (Phi) is 6.62. The molecule has 1 aromatic carbocycles. The first-order valence-corrected chi connectivity index (χ1v) is 8.78. The zero-order valence-corrected chi connectivity index (χ0v) is 14.8. The van der Waals surface area contributed by atoms with E-state index in [0.29, 0.717) is 12.5 Å². The van der Waals surface area contributed by atoms with Gasteiger partial charge in [-0.05, 0) is 42.9 Å². The molecule has 1 amide bonds. The molecule has 1 fully saturated rings. The quantitative estimate of drug-likeness (QED) is 0.729. The van der Waals surface area contributed by atoms with Crippen LogP contribution in [0.15, 0.2) is 41.1 Å². The van der Waals surface area contributed by atoms with Crippen molar-refractivity contribution in [1.82, 2.24) is 10.5 Å². The summed E-state index contributed by atoms with van der Waals surface area (Å²) in [6.07, 6.45) is 3.66. The number of ether oxygens (including phenoxy) is 3. The minimum absolute atomic E-state index is 0.245. The maximum atomic E-state index is 12.3. The first-order chi connectivity index (χ1) is 12.7. The molecule has 1 unspecified atom stereocenters. The molecule has 2 aromatic rings. The summed E-state index contributed by atoms with van der Waals surface area (Å²) in [5, 5.41) is 6.59. The molecule has 1 aromatic heterocycles. The lowest BCUT2D eigenvalue weighted by Crippen LogP contribution is -2.39. The van der Waals surface area contributed by atoms with Crippen molar-refractivity contribution in [1.29, 1.82) is 0 Å². The fourth-order valence-electron chi connectivity index (χ4n) is 2.92. The molecular formula is C19H24N2O5. The summed E-state index contributed by atoms with van der Waals surface area (Å²) < 4.78 is 21.3. The highest BCUT2D eigenvalue weighted by molar-refractivity contribution is 5.92. The topological polar surface area (TPSA) is 82.8 Å². The van der Waals surface area contributed by atoms with Crippen LogP contribution in [0.1, 0.15) is 35.3 Å². The van der Waals surface area contributed by atoms with Crippen LogP contribution in [0.25, 0.3) is 0 Å². The van der Waals surface area contributed by atoms with Gasteiger partial charge in [0.05, 0.1) is 13.7 Å². The van der Waals surface area contributed by atoms with Crippen LogP contribution in [0.3, 0.4) is 0 Å². The number of benzene rings is 1. The minimum Gasteiger partial charge on any atom is -0.497 e. The predicted molar refractivity (Wildman–Crippen MR) is 93.7 cm³/mol. The second-order valence-electron chi connectivity index (χ2n) is 6.30. The molecule has 1 N–H and O–H groups in total. The van der Waals surface area contributed by atoms with E-state index >= 15 is 0 Å². The fraction of sp³-hybridized carbons (Fsp3) is 0.474. The summed E-state index contributed by atoms with van der Waals surface area (Å²) in [6.45, 7) is 1.91. The van der Waals surface area contributed by atoms with E-state index in [9.17, 15) is 4.79 Å². The molecule has 0 bridgehead atoms. The van der Waals surface area contributed by atoms with Crippen LogP contribution < -0.4 is 10.1 Å². The Balaban J connectivity index is 1.59. The smallest absolute Gasteiger partial charge is 0.275 e. The van der Waals surface area contributed by atoms with Crippen molar-refractivity contribution in [3.63, 3.8) is 0 Å². The molecule has 2 heterocycles. The van der Waals surface area contributed by atoms with Crippen LogP contribution in [0.4, 0.5) is 0 Å². The molecule has 1 atom stereocenters. The van der Waals surface area contributed by atoms with Crippen LogP contribution in [0, 0.1) is 5.92 Å². The summed E-state index contributed by atoms with van der Waals surface area (Å²) >= 11 is 0. The largest absolute Gasteiger partial charge is 0.497 e. The highest BCUT2D eigenvalue weighted by atomic mass is 16.5. The molecule has 0 aliphatic carbocycles. The maximum Gasteiger partial charge on any atom is 0.275 e. The van der Waals surface area contributed by atoms with Crippen LogP contribution >= 0.6 is 0 Å². The van der Waals surface area contributed by atoms with Crippen molar-refractivity contribution in [2.75, 3.05) is 20.3 Å². The van der Waals surface area contributed by atoms with E-state index in [-0.39, 0.29) is 11.6 Å². The highest BCUT2D eigenvalue weighted by Crippen LogP contribution is 2.22.